The minimum absolute atomic E-state index is 0.00994. The molecule has 0 radical (unpaired) electrons. The number of hydrogen-bond donors (Lipinski definition) is 1. The van der Waals surface area contributed by atoms with Gasteiger partial charge in [-0.3, -0.25) is 9.59 Å². The van der Waals surface area contributed by atoms with Gasteiger partial charge in [-0.2, -0.15) is 5.10 Å². The highest BCUT2D eigenvalue weighted by atomic mass is 16.2. The highest BCUT2D eigenvalue weighted by Crippen LogP contribution is 2.28. The number of aryl methyl sites for hydroxylation is 2. The highest BCUT2D eigenvalue weighted by molar-refractivity contribution is 5.94. The first-order valence-electron chi connectivity index (χ1n) is 12.4. The number of carbonyl (C=O) groups excluding carboxylic acids is 2. The molecule has 0 fully saturated rings. The zero-order valence-corrected chi connectivity index (χ0v) is 21.9. The number of nitrogens with one attached hydrogen (secondary N) is 1. The van der Waals surface area contributed by atoms with Crippen LogP contribution >= 0.6 is 0 Å². The SMILES string of the molecule is CCCN(CC(=O)Nc1cc(C(C)(C)C)nn1-c1cccc(C)c1C)C(=O)CCc1ccccc1. The molecule has 6 heteroatoms. The second-order valence-electron chi connectivity index (χ2n) is 10.1. The summed E-state index contributed by atoms with van der Waals surface area (Å²) in [5.74, 6) is 0.379. The van der Waals surface area contributed by atoms with Crippen molar-refractivity contribution in [3.63, 3.8) is 0 Å². The summed E-state index contributed by atoms with van der Waals surface area (Å²) in [6.45, 7) is 13.0. The molecule has 0 spiro atoms. The summed E-state index contributed by atoms with van der Waals surface area (Å²) in [7, 11) is 0. The summed E-state index contributed by atoms with van der Waals surface area (Å²) in [6.07, 6.45) is 1.83. The molecule has 0 aliphatic heterocycles. The van der Waals surface area contributed by atoms with E-state index in [1.807, 2.05) is 60.1 Å². The Bertz CT molecular complexity index is 1160. The van der Waals surface area contributed by atoms with Crippen LogP contribution in [-0.4, -0.2) is 39.6 Å². The van der Waals surface area contributed by atoms with Gasteiger partial charge in [-0.25, -0.2) is 4.68 Å². The number of benzene rings is 2. The van der Waals surface area contributed by atoms with E-state index >= 15 is 0 Å². The zero-order chi connectivity index (χ0) is 25.6. The minimum atomic E-state index is -0.224. The summed E-state index contributed by atoms with van der Waals surface area (Å²) in [4.78, 5) is 27.7. The fraction of sp³-hybridized carbons (Fsp3) is 0.414. The van der Waals surface area contributed by atoms with Crippen molar-refractivity contribution in [1.29, 1.82) is 0 Å². The number of aromatic nitrogens is 2. The summed E-state index contributed by atoms with van der Waals surface area (Å²) in [5, 5.41) is 7.88. The Hall–Kier alpha value is -3.41. The predicted octanol–water partition coefficient (Wildman–Crippen LogP) is 5.60. The lowest BCUT2D eigenvalue weighted by molar-refractivity contribution is -0.134. The number of hydrogen-bond acceptors (Lipinski definition) is 3. The molecule has 0 saturated carbocycles. The summed E-state index contributed by atoms with van der Waals surface area (Å²) in [5.41, 5.74) is 5.03. The van der Waals surface area contributed by atoms with Crippen LogP contribution in [0.1, 0.15) is 62.9 Å². The average molecular weight is 475 g/mol. The molecule has 35 heavy (non-hydrogen) atoms. The molecule has 6 nitrogen and oxygen atoms in total. The predicted molar refractivity (Wildman–Crippen MR) is 142 cm³/mol. The Labute approximate surface area is 209 Å². The second kappa shape index (κ2) is 11.3. The van der Waals surface area contributed by atoms with Crippen molar-refractivity contribution < 1.29 is 9.59 Å². The molecular formula is C29H38N4O2. The lowest BCUT2D eigenvalue weighted by atomic mass is 9.92. The van der Waals surface area contributed by atoms with E-state index in [9.17, 15) is 9.59 Å². The van der Waals surface area contributed by atoms with Gasteiger partial charge in [0.2, 0.25) is 11.8 Å². The number of anilines is 1. The average Bonchev–Trinajstić information content (AvgIpc) is 3.23. The van der Waals surface area contributed by atoms with Crippen LogP contribution in [0.2, 0.25) is 0 Å². The summed E-state index contributed by atoms with van der Waals surface area (Å²) >= 11 is 0. The third-order valence-corrected chi connectivity index (χ3v) is 6.20. The van der Waals surface area contributed by atoms with Crippen LogP contribution in [-0.2, 0) is 21.4 Å². The van der Waals surface area contributed by atoms with Crippen molar-refractivity contribution in [1.82, 2.24) is 14.7 Å². The number of rotatable bonds is 9. The van der Waals surface area contributed by atoms with Crippen LogP contribution in [0.15, 0.2) is 54.6 Å². The van der Waals surface area contributed by atoms with Gasteiger partial charge < -0.3 is 10.2 Å². The van der Waals surface area contributed by atoms with Crippen LogP contribution < -0.4 is 5.32 Å². The van der Waals surface area contributed by atoms with Crippen LogP contribution in [0, 0.1) is 13.8 Å². The number of nitrogens with zero attached hydrogens (tertiary/aromatic N) is 3. The molecule has 0 aliphatic rings. The molecule has 0 bridgehead atoms. The van der Waals surface area contributed by atoms with Gasteiger partial charge in [-0.15, -0.1) is 0 Å². The van der Waals surface area contributed by atoms with Crippen molar-refractivity contribution in [2.24, 2.45) is 0 Å². The van der Waals surface area contributed by atoms with Crippen LogP contribution in [0.25, 0.3) is 5.69 Å². The normalized spacial score (nSPS) is 11.4. The molecule has 0 saturated heterocycles. The molecule has 0 unspecified atom stereocenters. The van der Waals surface area contributed by atoms with Gasteiger partial charge in [0.1, 0.15) is 5.82 Å². The fourth-order valence-electron chi connectivity index (χ4n) is 3.96. The number of amides is 2. The molecule has 2 amide bonds. The number of carbonyl (C=O) groups is 2. The Kier molecular flexibility index (Phi) is 8.49. The maximum atomic E-state index is 13.1. The fourth-order valence-corrected chi connectivity index (χ4v) is 3.96. The summed E-state index contributed by atoms with van der Waals surface area (Å²) < 4.78 is 1.81. The van der Waals surface area contributed by atoms with E-state index < -0.39 is 0 Å². The van der Waals surface area contributed by atoms with Gasteiger partial charge in [0.25, 0.3) is 0 Å². The van der Waals surface area contributed by atoms with Crippen molar-refractivity contribution in [3.8, 4) is 5.69 Å². The highest BCUT2D eigenvalue weighted by Gasteiger charge is 2.23. The van der Waals surface area contributed by atoms with E-state index in [-0.39, 0.29) is 23.8 Å². The molecule has 1 heterocycles. The van der Waals surface area contributed by atoms with E-state index in [4.69, 9.17) is 5.10 Å². The maximum absolute atomic E-state index is 13.1. The first-order valence-corrected chi connectivity index (χ1v) is 12.4. The van der Waals surface area contributed by atoms with E-state index in [1.54, 1.807) is 4.90 Å². The van der Waals surface area contributed by atoms with E-state index in [0.29, 0.717) is 25.2 Å². The van der Waals surface area contributed by atoms with Crippen LogP contribution in [0.5, 0.6) is 0 Å². The first-order chi connectivity index (χ1) is 16.6. The largest absolute Gasteiger partial charge is 0.333 e. The topological polar surface area (TPSA) is 67.2 Å². The van der Waals surface area contributed by atoms with Crippen LogP contribution in [0.3, 0.4) is 0 Å². The maximum Gasteiger partial charge on any atom is 0.245 e. The molecular weight excluding hydrogens is 436 g/mol. The smallest absolute Gasteiger partial charge is 0.245 e. The Morgan fingerprint density at radius 1 is 1.03 bits per heavy atom. The van der Waals surface area contributed by atoms with Crippen LogP contribution in [0.4, 0.5) is 5.82 Å². The Balaban J connectivity index is 1.78. The Morgan fingerprint density at radius 3 is 2.40 bits per heavy atom. The molecule has 0 atom stereocenters. The van der Waals surface area contributed by atoms with Crippen molar-refractivity contribution in [2.75, 3.05) is 18.4 Å². The lowest BCUT2D eigenvalue weighted by Crippen LogP contribution is -2.38. The van der Waals surface area contributed by atoms with Crippen molar-refractivity contribution in [2.45, 2.75) is 66.2 Å². The van der Waals surface area contributed by atoms with Gasteiger partial charge in [-0.05, 0) is 49.4 Å². The third kappa shape index (κ3) is 6.81. The van der Waals surface area contributed by atoms with Crippen molar-refractivity contribution in [3.05, 3.63) is 77.0 Å². The molecule has 0 aliphatic carbocycles. The van der Waals surface area contributed by atoms with E-state index in [2.05, 4.69) is 46.0 Å². The first kappa shape index (κ1) is 26.2. The molecule has 3 rings (SSSR count). The molecule has 1 N–H and O–H groups in total. The summed E-state index contributed by atoms with van der Waals surface area (Å²) in [6, 6.07) is 18.0. The van der Waals surface area contributed by atoms with E-state index in [0.717, 1.165) is 34.5 Å². The Morgan fingerprint density at radius 2 is 1.74 bits per heavy atom. The molecule has 1 aromatic heterocycles. The molecule has 2 aromatic carbocycles. The second-order valence-corrected chi connectivity index (χ2v) is 10.1. The van der Waals surface area contributed by atoms with Gasteiger partial charge >= 0.3 is 0 Å². The standard InChI is InChI=1S/C29H38N4O2/c1-7-18-32(28(35)17-16-23-13-9-8-10-14-23)20-27(34)30-26-19-25(29(4,5)6)31-33(26)24-15-11-12-21(2)22(24)3/h8-15,19H,7,16-18,20H2,1-6H3,(H,30,34). The van der Waals surface area contributed by atoms with Gasteiger partial charge in [0.15, 0.2) is 0 Å². The molecule has 186 valence electrons. The van der Waals surface area contributed by atoms with Gasteiger partial charge in [0, 0.05) is 24.4 Å². The third-order valence-electron chi connectivity index (χ3n) is 6.20. The minimum Gasteiger partial charge on any atom is -0.333 e. The molecule has 3 aromatic rings. The van der Waals surface area contributed by atoms with Crippen molar-refractivity contribution >= 4 is 17.6 Å². The van der Waals surface area contributed by atoms with Gasteiger partial charge in [-0.1, -0.05) is 70.2 Å². The van der Waals surface area contributed by atoms with E-state index in [1.165, 1.54) is 0 Å². The quantitative estimate of drug-likeness (QED) is 0.439. The van der Waals surface area contributed by atoms with Gasteiger partial charge in [0.05, 0.1) is 17.9 Å². The monoisotopic (exact) mass is 474 g/mol. The zero-order valence-electron chi connectivity index (χ0n) is 21.9. The lowest BCUT2D eigenvalue weighted by Gasteiger charge is -2.22.